The van der Waals surface area contributed by atoms with Gasteiger partial charge in [0.15, 0.2) is 0 Å². The average Bonchev–Trinajstić information content (AvgIpc) is 3.27. The number of imide groups is 1. The topological polar surface area (TPSA) is 114 Å². The van der Waals surface area contributed by atoms with Crippen molar-refractivity contribution in [2.75, 3.05) is 20.3 Å². The highest BCUT2D eigenvalue weighted by Gasteiger charge is 2.48. The molecule has 4 amide bonds. The summed E-state index contributed by atoms with van der Waals surface area (Å²) in [6.45, 7) is 2.13. The molecule has 9 nitrogen and oxygen atoms in total. The van der Waals surface area contributed by atoms with E-state index in [9.17, 15) is 19.2 Å². The molecule has 2 N–H and O–H groups in total. The van der Waals surface area contributed by atoms with Gasteiger partial charge in [-0.05, 0) is 48.9 Å². The number of nitrogens with zero attached hydrogens (tertiary/aromatic N) is 1. The van der Waals surface area contributed by atoms with Gasteiger partial charge in [0.25, 0.3) is 11.8 Å². The minimum atomic E-state index is -1.61. The number of urea groups is 1. The Labute approximate surface area is 190 Å². The summed E-state index contributed by atoms with van der Waals surface area (Å²) in [5.74, 6) is 4.90. The second-order valence-corrected chi connectivity index (χ2v) is 7.55. The maximum atomic E-state index is 12.9. The van der Waals surface area contributed by atoms with Crippen LogP contribution in [0.25, 0.3) is 0 Å². The highest BCUT2D eigenvalue weighted by Crippen LogP contribution is 2.28. The highest BCUT2D eigenvalue weighted by atomic mass is 16.5. The summed E-state index contributed by atoms with van der Waals surface area (Å²) in [5.41, 5.74) is 0.565. The fourth-order valence-corrected chi connectivity index (χ4v) is 3.69. The maximum Gasteiger partial charge on any atom is 0.338 e. The summed E-state index contributed by atoms with van der Waals surface area (Å²) < 4.78 is 10.1. The number of rotatable bonds is 5. The van der Waals surface area contributed by atoms with Crippen LogP contribution in [0.2, 0.25) is 0 Å². The Bertz CT molecular complexity index is 1210. The van der Waals surface area contributed by atoms with Gasteiger partial charge in [-0.15, -0.1) is 0 Å². The highest BCUT2D eigenvalue weighted by molar-refractivity contribution is 6.10. The molecule has 0 unspecified atom stereocenters. The zero-order chi connectivity index (χ0) is 23.6. The van der Waals surface area contributed by atoms with Gasteiger partial charge in [0.2, 0.25) is 5.54 Å². The standard InChI is InChI=1S/C24H21N3O6/c1-3-33-21(29)16-6-4-15(5-7-16)10-11-24(22(30)25-23(31)26-24)14-27-13-17-8-9-18(32-2)12-19(17)20(27)28/h4-9,12H,3,13-14H2,1-2H3,(H2,25,26,30,31)/t24-/m1/s1. The van der Waals surface area contributed by atoms with Crippen LogP contribution < -0.4 is 15.4 Å². The molecule has 33 heavy (non-hydrogen) atoms. The second kappa shape index (κ2) is 8.67. The van der Waals surface area contributed by atoms with E-state index in [0.717, 1.165) is 5.56 Å². The number of nitrogens with one attached hydrogen (secondary N) is 2. The Hall–Kier alpha value is -4.32. The smallest absolute Gasteiger partial charge is 0.338 e. The number of esters is 1. The normalized spacial score (nSPS) is 18.7. The van der Waals surface area contributed by atoms with Crippen molar-refractivity contribution in [1.82, 2.24) is 15.5 Å². The number of hydrogen-bond donors (Lipinski definition) is 2. The van der Waals surface area contributed by atoms with Gasteiger partial charge in [-0.25, -0.2) is 9.59 Å². The SMILES string of the molecule is CCOC(=O)c1ccc(C#C[C@]2(CN3Cc4ccc(OC)cc4C3=O)NC(=O)NC2=O)cc1. The Kier molecular flexibility index (Phi) is 5.75. The molecule has 2 heterocycles. The Morgan fingerprint density at radius 1 is 1.15 bits per heavy atom. The first kappa shape index (κ1) is 21.9. The van der Waals surface area contributed by atoms with Crippen molar-refractivity contribution in [3.63, 3.8) is 0 Å². The Morgan fingerprint density at radius 3 is 2.55 bits per heavy atom. The quantitative estimate of drug-likeness (QED) is 0.408. The van der Waals surface area contributed by atoms with Crippen molar-refractivity contribution in [1.29, 1.82) is 0 Å². The second-order valence-electron chi connectivity index (χ2n) is 7.55. The van der Waals surface area contributed by atoms with Crippen LogP contribution >= 0.6 is 0 Å². The van der Waals surface area contributed by atoms with E-state index < -0.39 is 23.4 Å². The molecule has 168 valence electrons. The lowest BCUT2D eigenvalue weighted by molar-refractivity contribution is -0.122. The summed E-state index contributed by atoms with van der Waals surface area (Å²) >= 11 is 0. The zero-order valence-electron chi connectivity index (χ0n) is 18.1. The number of benzene rings is 2. The number of methoxy groups -OCH3 is 1. The lowest BCUT2D eigenvalue weighted by Crippen LogP contribution is -2.54. The molecule has 0 spiro atoms. The third-order valence-corrected chi connectivity index (χ3v) is 5.38. The van der Waals surface area contributed by atoms with Gasteiger partial charge in [0.1, 0.15) is 5.75 Å². The van der Waals surface area contributed by atoms with Gasteiger partial charge in [-0.2, -0.15) is 0 Å². The lowest BCUT2D eigenvalue weighted by Gasteiger charge is -2.26. The zero-order valence-corrected chi connectivity index (χ0v) is 18.1. The van der Waals surface area contributed by atoms with Gasteiger partial charge >= 0.3 is 12.0 Å². The molecule has 0 aliphatic carbocycles. The van der Waals surface area contributed by atoms with E-state index in [1.54, 1.807) is 49.4 Å². The van der Waals surface area contributed by atoms with Gasteiger partial charge in [0.05, 0.1) is 25.8 Å². The van der Waals surface area contributed by atoms with Crippen LogP contribution in [0.5, 0.6) is 5.75 Å². The van der Waals surface area contributed by atoms with E-state index in [-0.39, 0.29) is 25.6 Å². The molecule has 4 rings (SSSR count). The number of carbonyl (C=O) groups is 4. The van der Waals surface area contributed by atoms with Crippen molar-refractivity contribution in [3.8, 4) is 17.6 Å². The van der Waals surface area contributed by atoms with Crippen molar-refractivity contribution >= 4 is 23.8 Å². The van der Waals surface area contributed by atoms with Gasteiger partial charge < -0.3 is 19.7 Å². The first-order valence-corrected chi connectivity index (χ1v) is 10.3. The number of fused-ring (bicyclic) bond motifs is 1. The lowest BCUT2D eigenvalue weighted by atomic mass is 9.99. The van der Waals surface area contributed by atoms with E-state index in [1.807, 2.05) is 0 Å². The van der Waals surface area contributed by atoms with E-state index in [2.05, 4.69) is 22.5 Å². The Morgan fingerprint density at radius 2 is 1.91 bits per heavy atom. The minimum absolute atomic E-state index is 0.131. The van der Waals surface area contributed by atoms with E-state index in [0.29, 0.717) is 22.4 Å². The molecule has 2 aromatic rings. The monoisotopic (exact) mass is 447 g/mol. The predicted octanol–water partition coefficient (Wildman–Crippen LogP) is 1.46. The molecule has 2 aliphatic rings. The number of amides is 4. The van der Waals surface area contributed by atoms with Crippen LogP contribution in [0.1, 0.15) is 38.8 Å². The number of hydrogen-bond acceptors (Lipinski definition) is 6. The number of ether oxygens (including phenoxy) is 2. The van der Waals surface area contributed by atoms with E-state index >= 15 is 0 Å². The molecular weight excluding hydrogens is 426 g/mol. The van der Waals surface area contributed by atoms with Crippen LogP contribution in [0.3, 0.4) is 0 Å². The van der Waals surface area contributed by atoms with Crippen molar-refractivity contribution in [2.24, 2.45) is 0 Å². The molecule has 0 radical (unpaired) electrons. The summed E-state index contributed by atoms with van der Waals surface area (Å²) in [6, 6.07) is 10.9. The summed E-state index contributed by atoms with van der Waals surface area (Å²) in [6.07, 6.45) is 0. The molecule has 1 fully saturated rings. The summed E-state index contributed by atoms with van der Waals surface area (Å²) in [7, 11) is 1.52. The van der Waals surface area contributed by atoms with Crippen molar-refractivity contribution in [2.45, 2.75) is 19.0 Å². The third kappa shape index (κ3) is 4.23. The maximum absolute atomic E-state index is 12.9. The van der Waals surface area contributed by atoms with E-state index in [4.69, 9.17) is 9.47 Å². The largest absolute Gasteiger partial charge is 0.497 e. The predicted molar refractivity (Wildman–Crippen MR) is 116 cm³/mol. The molecule has 1 saturated heterocycles. The van der Waals surface area contributed by atoms with Gasteiger partial charge in [0, 0.05) is 17.7 Å². The molecule has 0 aromatic heterocycles. The molecule has 2 aromatic carbocycles. The van der Waals surface area contributed by atoms with Crippen molar-refractivity contribution in [3.05, 3.63) is 64.7 Å². The summed E-state index contributed by atoms with van der Waals surface area (Å²) in [4.78, 5) is 50.9. The molecule has 0 saturated carbocycles. The molecule has 0 bridgehead atoms. The Balaban J connectivity index is 1.59. The van der Waals surface area contributed by atoms with Gasteiger partial charge in [-0.3, -0.25) is 14.9 Å². The van der Waals surface area contributed by atoms with Crippen LogP contribution in [-0.2, 0) is 16.1 Å². The number of carbonyl (C=O) groups excluding carboxylic acids is 4. The minimum Gasteiger partial charge on any atom is -0.497 e. The summed E-state index contributed by atoms with van der Waals surface area (Å²) in [5, 5.41) is 4.76. The molecule has 9 heteroatoms. The van der Waals surface area contributed by atoms with E-state index in [1.165, 1.54) is 12.0 Å². The van der Waals surface area contributed by atoms with Crippen molar-refractivity contribution < 1.29 is 28.7 Å². The molecule has 2 aliphatic heterocycles. The average molecular weight is 447 g/mol. The van der Waals surface area contributed by atoms with Gasteiger partial charge in [-0.1, -0.05) is 17.9 Å². The molecule has 1 atom stereocenters. The fourth-order valence-electron chi connectivity index (χ4n) is 3.69. The first-order valence-electron chi connectivity index (χ1n) is 10.3. The van der Waals surface area contributed by atoms with Crippen LogP contribution in [0.4, 0.5) is 4.79 Å². The van der Waals surface area contributed by atoms with Crippen LogP contribution in [0.15, 0.2) is 42.5 Å². The van der Waals surface area contributed by atoms with Crippen LogP contribution in [0, 0.1) is 11.8 Å². The van der Waals surface area contributed by atoms with Crippen LogP contribution in [-0.4, -0.2) is 54.5 Å². The first-order chi connectivity index (χ1) is 15.8. The fraction of sp³-hybridized carbons (Fsp3) is 0.250. The molecular formula is C24H21N3O6. The third-order valence-electron chi connectivity index (χ3n) is 5.38.